The third-order valence-electron chi connectivity index (χ3n) is 3.71. The second-order valence-corrected chi connectivity index (χ2v) is 7.57. The maximum atomic E-state index is 13.7. The smallest absolute Gasteiger partial charge is 0.251 e. The van der Waals surface area contributed by atoms with Crippen LogP contribution in [0.4, 0.5) is 8.78 Å². The average molecular weight is 382 g/mol. The summed E-state index contributed by atoms with van der Waals surface area (Å²) < 4.78 is 53.5. The van der Waals surface area contributed by atoms with Crippen molar-refractivity contribution in [3.8, 4) is 0 Å². The topological polar surface area (TPSA) is 75.3 Å². The normalized spacial score (nSPS) is 12.6. The average Bonchev–Trinajstić information content (AvgIpc) is 2.58. The molecule has 1 amide bonds. The van der Waals surface area contributed by atoms with Crippen LogP contribution in [-0.4, -0.2) is 26.9 Å². The second kappa shape index (κ2) is 8.37. The molecular weight excluding hydrogens is 362 g/mol. The minimum Gasteiger partial charge on any atom is -0.349 e. The Kier molecular flexibility index (Phi) is 6.44. The van der Waals surface area contributed by atoms with E-state index in [9.17, 15) is 22.0 Å². The van der Waals surface area contributed by atoms with Crippen molar-refractivity contribution in [2.45, 2.75) is 31.2 Å². The number of carbonyl (C=O) groups is 1. The highest BCUT2D eigenvalue weighted by Crippen LogP contribution is 2.15. The lowest BCUT2D eigenvalue weighted by Crippen LogP contribution is -2.34. The van der Waals surface area contributed by atoms with Gasteiger partial charge in [-0.05, 0) is 49.7 Å². The molecule has 0 aliphatic rings. The van der Waals surface area contributed by atoms with Crippen LogP contribution >= 0.6 is 0 Å². The van der Waals surface area contributed by atoms with E-state index in [0.29, 0.717) is 0 Å². The van der Waals surface area contributed by atoms with Crippen molar-refractivity contribution in [1.29, 1.82) is 0 Å². The van der Waals surface area contributed by atoms with Gasteiger partial charge in [0.1, 0.15) is 11.6 Å². The molecule has 8 heteroatoms. The highest BCUT2D eigenvalue weighted by Gasteiger charge is 2.17. The van der Waals surface area contributed by atoms with Crippen LogP contribution in [0, 0.1) is 11.6 Å². The van der Waals surface area contributed by atoms with Crippen LogP contribution in [0.5, 0.6) is 0 Å². The lowest BCUT2D eigenvalue weighted by Gasteiger charge is -2.15. The first kappa shape index (κ1) is 20.0. The Labute approximate surface area is 151 Å². The summed E-state index contributed by atoms with van der Waals surface area (Å²) in [7, 11) is -3.59. The SMILES string of the molecule is CCNS(=O)(=O)c1ccc(C(=O)NC(C)Cc2c(F)cccc2F)cc1. The summed E-state index contributed by atoms with van der Waals surface area (Å²) >= 11 is 0. The van der Waals surface area contributed by atoms with Gasteiger partial charge in [-0.25, -0.2) is 21.9 Å². The molecular formula is C18H20F2N2O3S. The standard InChI is InChI=1S/C18H20F2N2O3S/c1-3-21-26(24,25)14-9-7-13(8-10-14)18(23)22-12(2)11-15-16(19)5-4-6-17(15)20/h4-10,12,21H,3,11H2,1-2H3,(H,22,23). The maximum absolute atomic E-state index is 13.7. The van der Waals surface area contributed by atoms with Crippen LogP contribution in [0.1, 0.15) is 29.8 Å². The summed E-state index contributed by atoms with van der Waals surface area (Å²) in [6.07, 6.45) is -0.00285. The van der Waals surface area contributed by atoms with Gasteiger partial charge >= 0.3 is 0 Å². The van der Waals surface area contributed by atoms with E-state index in [1.54, 1.807) is 13.8 Å². The predicted molar refractivity (Wildman–Crippen MR) is 94.3 cm³/mol. The number of hydrogen-bond donors (Lipinski definition) is 2. The van der Waals surface area contributed by atoms with E-state index in [-0.39, 0.29) is 29.0 Å². The van der Waals surface area contributed by atoms with Gasteiger partial charge in [0, 0.05) is 23.7 Å². The molecule has 0 fully saturated rings. The Morgan fingerprint density at radius 1 is 1.08 bits per heavy atom. The van der Waals surface area contributed by atoms with Gasteiger partial charge in [-0.15, -0.1) is 0 Å². The van der Waals surface area contributed by atoms with E-state index in [4.69, 9.17) is 0 Å². The number of rotatable bonds is 7. The van der Waals surface area contributed by atoms with Gasteiger partial charge in [-0.2, -0.15) is 0 Å². The minimum atomic E-state index is -3.59. The maximum Gasteiger partial charge on any atom is 0.251 e. The van der Waals surface area contributed by atoms with Crippen molar-refractivity contribution in [1.82, 2.24) is 10.0 Å². The first-order valence-corrected chi connectivity index (χ1v) is 9.56. The number of halogens is 2. The summed E-state index contributed by atoms with van der Waals surface area (Å²) in [6, 6.07) is 8.51. The summed E-state index contributed by atoms with van der Waals surface area (Å²) in [4.78, 5) is 12.3. The lowest BCUT2D eigenvalue weighted by atomic mass is 10.1. The second-order valence-electron chi connectivity index (χ2n) is 5.80. The van der Waals surface area contributed by atoms with E-state index in [2.05, 4.69) is 10.0 Å². The van der Waals surface area contributed by atoms with Crippen molar-refractivity contribution in [3.05, 3.63) is 65.2 Å². The van der Waals surface area contributed by atoms with Crippen LogP contribution < -0.4 is 10.0 Å². The number of hydrogen-bond acceptors (Lipinski definition) is 3. The largest absolute Gasteiger partial charge is 0.349 e. The molecule has 2 aromatic carbocycles. The van der Waals surface area contributed by atoms with Crippen LogP contribution in [0.3, 0.4) is 0 Å². The van der Waals surface area contributed by atoms with Gasteiger partial charge in [0.25, 0.3) is 5.91 Å². The van der Waals surface area contributed by atoms with Crippen LogP contribution in [-0.2, 0) is 16.4 Å². The van der Waals surface area contributed by atoms with Gasteiger partial charge in [-0.1, -0.05) is 13.0 Å². The molecule has 0 radical (unpaired) electrons. The van der Waals surface area contributed by atoms with Gasteiger partial charge in [0.05, 0.1) is 4.90 Å². The van der Waals surface area contributed by atoms with Crippen molar-refractivity contribution in [2.75, 3.05) is 6.54 Å². The Bertz CT molecular complexity index is 864. The molecule has 5 nitrogen and oxygen atoms in total. The van der Waals surface area contributed by atoms with Crippen LogP contribution in [0.25, 0.3) is 0 Å². The molecule has 0 heterocycles. The molecule has 1 unspecified atom stereocenters. The molecule has 0 aliphatic heterocycles. The third-order valence-corrected chi connectivity index (χ3v) is 5.27. The quantitative estimate of drug-likeness (QED) is 0.773. The molecule has 26 heavy (non-hydrogen) atoms. The summed E-state index contributed by atoms with van der Waals surface area (Å²) in [5.74, 6) is -1.78. The molecule has 0 bridgehead atoms. The Hall–Kier alpha value is -2.32. The molecule has 0 aromatic heterocycles. The molecule has 0 aliphatic carbocycles. The lowest BCUT2D eigenvalue weighted by molar-refractivity contribution is 0.0939. The Balaban J connectivity index is 2.05. The van der Waals surface area contributed by atoms with E-state index in [1.807, 2.05) is 0 Å². The monoisotopic (exact) mass is 382 g/mol. The molecule has 2 rings (SSSR count). The van der Waals surface area contributed by atoms with E-state index in [0.717, 1.165) is 12.1 Å². The number of amides is 1. The van der Waals surface area contributed by atoms with Gasteiger partial charge in [0.15, 0.2) is 0 Å². The van der Waals surface area contributed by atoms with Gasteiger partial charge in [0.2, 0.25) is 10.0 Å². The molecule has 0 saturated carbocycles. The first-order chi connectivity index (χ1) is 12.2. The van der Waals surface area contributed by atoms with Crippen molar-refractivity contribution in [2.24, 2.45) is 0 Å². The fourth-order valence-electron chi connectivity index (χ4n) is 2.45. The highest BCUT2D eigenvalue weighted by atomic mass is 32.2. The Morgan fingerprint density at radius 3 is 2.19 bits per heavy atom. The van der Waals surface area contributed by atoms with E-state index < -0.39 is 33.6 Å². The number of sulfonamides is 1. The predicted octanol–water partition coefficient (Wildman–Crippen LogP) is 2.62. The third kappa shape index (κ3) is 4.86. The molecule has 0 spiro atoms. The summed E-state index contributed by atoms with van der Waals surface area (Å²) in [6.45, 7) is 3.56. The number of nitrogens with one attached hydrogen (secondary N) is 2. The van der Waals surface area contributed by atoms with Crippen LogP contribution in [0.2, 0.25) is 0 Å². The fourth-order valence-corrected chi connectivity index (χ4v) is 3.49. The minimum absolute atomic E-state index is 0.00285. The zero-order chi connectivity index (χ0) is 19.3. The zero-order valence-electron chi connectivity index (χ0n) is 14.4. The highest BCUT2D eigenvalue weighted by molar-refractivity contribution is 7.89. The molecule has 0 saturated heterocycles. The zero-order valence-corrected chi connectivity index (χ0v) is 15.2. The molecule has 2 aromatic rings. The molecule has 140 valence electrons. The Morgan fingerprint density at radius 2 is 1.65 bits per heavy atom. The van der Waals surface area contributed by atoms with Crippen molar-refractivity contribution in [3.63, 3.8) is 0 Å². The molecule has 1 atom stereocenters. The summed E-state index contributed by atoms with van der Waals surface area (Å²) in [5.41, 5.74) is 0.161. The van der Waals surface area contributed by atoms with Crippen molar-refractivity contribution >= 4 is 15.9 Å². The van der Waals surface area contributed by atoms with Crippen LogP contribution in [0.15, 0.2) is 47.4 Å². The number of benzene rings is 2. The molecule has 2 N–H and O–H groups in total. The van der Waals surface area contributed by atoms with E-state index in [1.165, 1.54) is 30.3 Å². The van der Waals surface area contributed by atoms with E-state index >= 15 is 0 Å². The van der Waals surface area contributed by atoms with Gasteiger partial charge in [-0.3, -0.25) is 4.79 Å². The fraction of sp³-hybridized carbons (Fsp3) is 0.278. The first-order valence-electron chi connectivity index (χ1n) is 8.08. The van der Waals surface area contributed by atoms with Gasteiger partial charge < -0.3 is 5.32 Å². The summed E-state index contributed by atoms with van der Waals surface area (Å²) in [5, 5.41) is 2.65. The van der Waals surface area contributed by atoms with Crippen molar-refractivity contribution < 1.29 is 22.0 Å². The number of carbonyl (C=O) groups excluding carboxylic acids is 1.